The molecule has 2 aromatic carbocycles. The van der Waals surface area contributed by atoms with Crippen molar-refractivity contribution in [2.24, 2.45) is 0 Å². The van der Waals surface area contributed by atoms with Crippen molar-refractivity contribution in [3.63, 3.8) is 0 Å². The van der Waals surface area contributed by atoms with Crippen molar-refractivity contribution in [2.45, 2.75) is 24.5 Å². The topological polar surface area (TPSA) is 80.6 Å². The number of furan rings is 1. The van der Waals surface area contributed by atoms with Gasteiger partial charge in [0, 0.05) is 16.2 Å². The molecule has 3 aromatic rings. The standard InChI is InChI=1S/C22H22N2O4S/c1-15-8-9-16(2)19(12-15)28-13-20(25)23-24-22(26)21-17(10-11-27-21)14-29-18-6-4-3-5-7-18/h3-12H,13-14H2,1-2H3,(H,23,25)(H,24,26). The van der Waals surface area contributed by atoms with E-state index in [2.05, 4.69) is 10.9 Å². The third-order valence-corrected chi connectivity index (χ3v) is 5.17. The average molecular weight is 410 g/mol. The van der Waals surface area contributed by atoms with Gasteiger partial charge in [0.2, 0.25) is 0 Å². The Bertz CT molecular complexity index is 985. The van der Waals surface area contributed by atoms with Crippen LogP contribution in [0, 0.1) is 13.8 Å². The van der Waals surface area contributed by atoms with Crippen LogP contribution in [0.3, 0.4) is 0 Å². The molecule has 0 aliphatic rings. The fourth-order valence-corrected chi connectivity index (χ4v) is 3.45. The van der Waals surface area contributed by atoms with Crippen LogP contribution in [-0.4, -0.2) is 18.4 Å². The predicted molar refractivity (Wildman–Crippen MR) is 112 cm³/mol. The van der Waals surface area contributed by atoms with Crippen molar-refractivity contribution >= 4 is 23.6 Å². The van der Waals surface area contributed by atoms with Gasteiger partial charge in [-0.25, -0.2) is 0 Å². The van der Waals surface area contributed by atoms with Gasteiger partial charge in [0.15, 0.2) is 12.4 Å². The molecule has 0 bridgehead atoms. The minimum atomic E-state index is -0.515. The summed E-state index contributed by atoms with van der Waals surface area (Å²) in [5.41, 5.74) is 7.43. The van der Waals surface area contributed by atoms with Gasteiger partial charge in [0.05, 0.1) is 6.26 Å². The lowest BCUT2D eigenvalue weighted by molar-refractivity contribution is -0.123. The number of rotatable bonds is 7. The van der Waals surface area contributed by atoms with Crippen LogP contribution in [0.1, 0.15) is 27.2 Å². The van der Waals surface area contributed by atoms with Crippen molar-refractivity contribution in [2.75, 3.05) is 6.61 Å². The van der Waals surface area contributed by atoms with Gasteiger partial charge in [-0.1, -0.05) is 30.3 Å². The Balaban J connectivity index is 1.48. The SMILES string of the molecule is Cc1ccc(C)c(OCC(=O)NNC(=O)c2occc2CSc2ccccc2)c1. The molecule has 0 saturated carbocycles. The first-order valence-electron chi connectivity index (χ1n) is 9.06. The van der Waals surface area contributed by atoms with E-state index < -0.39 is 11.8 Å². The van der Waals surface area contributed by atoms with Crippen molar-refractivity contribution in [1.29, 1.82) is 0 Å². The number of nitrogens with one attached hydrogen (secondary N) is 2. The van der Waals surface area contributed by atoms with Crippen LogP contribution in [-0.2, 0) is 10.5 Å². The summed E-state index contributed by atoms with van der Waals surface area (Å²) >= 11 is 1.59. The van der Waals surface area contributed by atoms with Crippen molar-refractivity contribution < 1.29 is 18.7 Å². The zero-order chi connectivity index (χ0) is 20.6. The molecule has 0 aliphatic carbocycles. The first-order valence-corrected chi connectivity index (χ1v) is 10.0. The highest BCUT2D eigenvalue weighted by atomic mass is 32.2. The first kappa shape index (κ1) is 20.5. The van der Waals surface area contributed by atoms with E-state index >= 15 is 0 Å². The molecule has 1 aromatic heterocycles. The molecular weight excluding hydrogens is 388 g/mol. The summed E-state index contributed by atoms with van der Waals surface area (Å²) in [6, 6.07) is 17.4. The van der Waals surface area contributed by atoms with Gasteiger partial charge in [0.1, 0.15) is 5.75 Å². The molecular formula is C22H22N2O4S. The second-order valence-electron chi connectivity index (χ2n) is 6.44. The monoisotopic (exact) mass is 410 g/mol. The van der Waals surface area contributed by atoms with Gasteiger partial charge in [-0.15, -0.1) is 11.8 Å². The molecule has 0 atom stereocenters. The predicted octanol–water partition coefficient (Wildman–Crippen LogP) is 4.03. The Kier molecular flexibility index (Phi) is 6.97. The van der Waals surface area contributed by atoms with E-state index in [-0.39, 0.29) is 12.4 Å². The van der Waals surface area contributed by atoms with Crippen LogP contribution in [0.5, 0.6) is 5.75 Å². The van der Waals surface area contributed by atoms with Gasteiger partial charge in [0.25, 0.3) is 5.91 Å². The van der Waals surface area contributed by atoms with Crippen LogP contribution in [0.25, 0.3) is 0 Å². The lowest BCUT2D eigenvalue weighted by Gasteiger charge is -2.11. The molecule has 0 saturated heterocycles. The molecule has 7 heteroatoms. The highest BCUT2D eigenvalue weighted by Gasteiger charge is 2.16. The summed E-state index contributed by atoms with van der Waals surface area (Å²) in [5, 5.41) is 0. The molecule has 0 unspecified atom stereocenters. The molecule has 2 amide bonds. The number of thioether (sulfide) groups is 1. The summed E-state index contributed by atoms with van der Waals surface area (Å²) < 4.78 is 10.8. The number of benzene rings is 2. The maximum atomic E-state index is 12.3. The first-order chi connectivity index (χ1) is 14.0. The van der Waals surface area contributed by atoms with Crippen LogP contribution in [0.2, 0.25) is 0 Å². The van der Waals surface area contributed by atoms with E-state index in [0.29, 0.717) is 11.5 Å². The molecule has 0 radical (unpaired) electrons. The van der Waals surface area contributed by atoms with E-state index in [9.17, 15) is 9.59 Å². The Hall–Kier alpha value is -3.19. The molecule has 0 aliphatic heterocycles. The zero-order valence-corrected chi connectivity index (χ0v) is 17.0. The molecule has 0 spiro atoms. The number of hydrazine groups is 1. The number of ether oxygens (including phenoxy) is 1. The average Bonchev–Trinajstić information content (AvgIpc) is 3.20. The second kappa shape index (κ2) is 9.84. The van der Waals surface area contributed by atoms with Crippen LogP contribution >= 0.6 is 11.8 Å². The molecule has 1 heterocycles. The zero-order valence-electron chi connectivity index (χ0n) is 16.2. The number of hydrogen-bond donors (Lipinski definition) is 2. The Labute approximate surface area is 173 Å². The number of aryl methyl sites for hydroxylation is 2. The van der Waals surface area contributed by atoms with E-state index in [0.717, 1.165) is 21.6 Å². The molecule has 3 rings (SSSR count). The van der Waals surface area contributed by atoms with Crippen LogP contribution in [0.15, 0.2) is 70.2 Å². The van der Waals surface area contributed by atoms with Gasteiger partial charge in [-0.3, -0.25) is 20.4 Å². The second-order valence-corrected chi connectivity index (χ2v) is 7.49. The minimum absolute atomic E-state index is 0.171. The smallest absolute Gasteiger partial charge is 0.305 e. The molecule has 150 valence electrons. The van der Waals surface area contributed by atoms with E-state index in [1.165, 1.54) is 6.26 Å². The summed E-state index contributed by atoms with van der Waals surface area (Å²) in [6.07, 6.45) is 1.46. The summed E-state index contributed by atoms with van der Waals surface area (Å²) in [4.78, 5) is 25.4. The number of carbonyl (C=O) groups excluding carboxylic acids is 2. The summed E-state index contributed by atoms with van der Waals surface area (Å²) in [5.74, 6) is 0.402. The van der Waals surface area contributed by atoms with Crippen LogP contribution < -0.4 is 15.6 Å². The Morgan fingerprint density at radius 3 is 2.62 bits per heavy atom. The molecule has 0 fully saturated rings. The summed E-state index contributed by atoms with van der Waals surface area (Å²) in [6.45, 7) is 3.64. The van der Waals surface area contributed by atoms with Gasteiger partial charge in [-0.05, 0) is 49.2 Å². The van der Waals surface area contributed by atoms with Crippen molar-refractivity contribution in [1.82, 2.24) is 10.9 Å². The van der Waals surface area contributed by atoms with Gasteiger partial charge < -0.3 is 9.15 Å². The lowest BCUT2D eigenvalue weighted by atomic mass is 10.1. The third kappa shape index (κ3) is 5.89. The van der Waals surface area contributed by atoms with Crippen molar-refractivity contribution in [3.05, 3.63) is 83.3 Å². The summed E-state index contributed by atoms with van der Waals surface area (Å²) in [7, 11) is 0. The Morgan fingerprint density at radius 2 is 1.83 bits per heavy atom. The largest absolute Gasteiger partial charge is 0.483 e. The lowest BCUT2D eigenvalue weighted by Crippen LogP contribution is -2.44. The maximum absolute atomic E-state index is 12.3. The van der Waals surface area contributed by atoms with Gasteiger partial charge in [-0.2, -0.15) is 0 Å². The highest BCUT2D eigenvalue weighted by molar-refractivity contribution is 7.98. The minimum Gasteiger partial charge on any atom is -0.483 e. The van der Waals surface area contributed by atoms with E-state index in [1.807, 2.05) is 62.4 Å². The quantitative estimate of drug-likeness (QED) is 0.454. The highest BCUT2D eigenvalue weighted by Crippen LogP contribution is 2.24. The normalized spacial score (nSPS) is 10.4. The number of hydrogen-bond acceptors (Lipinski definition) is 5. The maximum Gasteiger partial charge on any atom is 0.305 e. The van der Waals surface area contributed by atoms with Gasteiger partial charge >= 0.3 is 5.91 Å². The Morgan fingerprint density at radius 1 is 1.03 bits per heavy atom. The van der Waals surface area contributed by atoms with Crippen LogP contribution in [0.4, 0.5) is 0 Å². The molecule has 29 heavy (non-hydrogen) atoms. The van der Waals surface area contributed by atoms with Crippen molar-refractivity contribution in [3.8, 4) is 5.75 Å². The fourth-order valence-electron chi connectivity index (χ4n) is 2.55. The van der Waals surface area contributed by atoms with E-state index in [4.69, 9.17) is 9.15 Å². The third-order valence-electron chi connectivity index (χ3n) is 4.11. The fraction of sp³-hybridized carbons (Fsp3) is 0.182. The van der Waals surface area contributed by atoms with E-state index in [1.54, 1.807) is 17.8 Å². The number of amides is 2. The number of carbonyl (C=O) groups is 2. The molecule has 6 nitrogen and oxygen atoms in total. The molecule has 2 N–H and O–H groups in total.